The number of nitro benzene ring substituents is 1. The van der Waals surface area contributed by atoms with E-state index >= 15 is 0 Å². The van der Waals surface area contributed by atoms with Crippen LogP contribution in [0.15, 0.2) is 35.0 Å². The zero-order chi connectivity index (χ0) is 14.4. The summed E-state index contributed by atoms with van der Waals surface area (Å²) in [7, 11) is 0. The van der Waals surface area contributed by atoms with Crippen LogP contribution in [0.2, 0.25) is 0 Å². The third-order valence-corrected chi connectivity index (χ3v) is 3.43. The molecule has 0 aliphatic carbocycles. The molecule has 106 valence electrons. The summed E-state index contributed by atoms with van der Waals surface area (Å²) in [6.07, 6.45) is 0.809. The lowest BCUT2D eigenvalue weighted by molar-refractivity contribution is -0.385. The molecule has 0 saturated heterocycles. The van der Waals surface area contributed by atoms with E-state index in [-0.39, 0.29) is 5.69 Å². The first-order chi connectivity index (χ1) is 9.70. The zero-order valence-electron chi connectivity index (χ0n) is 11.2. The Labute approximate surface area is 121 Å². The minimum absolute atomic E-state index is 0.000432. The minimum Gasteiger partial charge on any atom is -0.487 e. The largest absolute Gasteiger partial charge is 0.487 e. The summed E-state index contributed by atoms with van der Waals surface area (Å²) < 4.78 is 5.45. The maximum Gasteiger partial charge on any atom is 0.311 e. The van der Waals surface area contributed by atoms with E-state index in [1.807, 2.05) is 18.4 Å². The van der Waals surface area contributed by atoms with Gasteiger partial charge in [-0.1, -0.05) is 6.92 Å². The standard InChI is InChI=1S/C14H16N2O3S/c1-2-6-19-14-8-12(3-4-13(14)16(17)18)15-9-11-5-7-20-10-11/h3-5,7-8,10,15H,2,6,9H2,1H3. The Balaban J connectivity index is 2.11. The molecule has 0 amide bonds. The predicted octanol–water partition coefficient (Wildman–Crippen LogP) is 4.06. The lowest BCUT2D eigenvalue weighted by Crippen LogP contribution is -2.02. The molecule has 0 atom stereocenters. The summed E-state index contributed by atoms with van der Waals surface area (Å²) >= 11 is 1.64. The smallest absolute Gasteiger partial charge is 0.311 e. The van der Waals surface area contributed by atoms with Gasteiger partial charge in [-0.15, -0.1) is 0 Å². The van der Waals surface area contributed by atoms with Crippen LogP contribution in [-0.2, 0) is 6.54 Å². The summed E-state index contributed by atoms with van der Waals surface area (Å²) in [4.78, 5) is 10.5. The first kappa shape index (κ1) is 14.3. The molecule has 1 aromatic carbocycles. The first-order valence-electron chi connectivity index (χ1n) is 6.37. The molecule has 0 aliphatic heterocycles. The molecule has 20 heavy (non-hydrogen) atoms. The maximum absolute atomic E-state index is 10.9. The van der Waals surface area contributed by atoms with Crippen LogP contribution < -0.4 is 10.1 Å². The fraction of sp³-hybridized carbons (Fsp3) is 0.286. The average molecular weight is 292 g/mol. The number of nitrogens with one attached hydrogen (secondary N) is 1. The third-order valence-electron chi connectivity index (χ3n) is 2.69. The lowest BCUT2D eigenvalue weighted by atomic mass is 10.2. The predicted molar refractivity (Wildman–Crippen MR) is 80.5 cm³/mol. The van der Waals surface area contributed by atoms with Crippen LogP contribution >= 0.6 is 11.3 Å². The van der Waals surface area contributed by atoms with E-state index in [9.17, 15) is 10.1 Å². The number of thiophene rings is 1. The topological polar surface area (TPSA) is 64.4 Å². The number of nitro groups is 1. The van der Waals surface area contributed by atoms with Gasteiger partial charge in [0.2, 0.25) is 0 Å². The monoisotopic (exact) mass is 292 g/mol. The molecular formula is C14H16N2O3S. The molecule has 0 bridgehead atoms. The highest BCUT2D eigenvalue weighted by Gasteiger charge is 2.15. The van der Waals surface area contributed by atoms with Crippen LogP contribution in [0.4, 0.5) is 11.4 Å². The molecule has 2 rings (SSSR count). The van der Waals surface area contributed by atoms with Crippen molar-refractivity contribution in [2.24, 2.45) is 0 Å². The first-order valence-corrected chi connectivity index (χ1v) is 7.31. The Kier molecular flexibility index (Phi) is 4.95. The molecule has 5 nitrogen and oxygen atoms in total. The van der Waals surface area contributed by atoms with Crippen LogP contribution in [0.5, 0.6) is 5.75 Å². The highest BCUT2D eigenvalue weighted by atomic mass is 32.1. The molecule has 0 saturated carbocycles. The van der Waals surface area contributed by atoms with Crippen LogP contribution in [0.3, 0.4) is 0 Å². The van der Waals surface area contributed by atoms with Gasteiger partial charge >= 0.3 is 5.69 Å². The SMILES string of the molecule is CCCOc1cc(NCc2ccsc2)ccc1[N+](=O)[O-]. The van der Waals surface area contributed by atoms with Crippen molar-refractivity contribution < 1.29 is 9.66 Å². The van der Waals surface area contributed by atoms with Crippen molar-refractivity contribution in [2.75, 3.05) is 11.9 Å². The van der Waals surface area contributed by atoms with E-state index in [1.165, 1.54) is 11.6 Å². The van der Waals surface area contributed by atoms with E-state index in [4.69, 9.17) is 4.74 Å². The Bertz CT molecular complexity index is 570. The van der Waals surface area contributed by atoms with E-state index < -0.39 is 4.92 Å². The van der Waals surface area contributed by atoms with Crippen LogP contribution in [0.25, 0.3) is 0 Å². The molecule has 1 N–H and O–H groups in total. The molecule has 0 fully saturated rings. The van der Waals surface area contributed by atoms with Gasteiger partial charge in [0.1, 0.15) is 0 Å². The van der Waals surface area contributed by atoms with E-state index in [0.29, 0.717) is 18.9 Å². The molecule has 0 aliphatic rings. The number of hydrogen-bond donors (Lipinski definition) is 1. The van der Waals surface area contributed by atoms with Gasteiger partial charge in [0.15, 0.2) is 5.75 Å². The van der Waals surface area contributed by atoms with Crippen molar-refractivity contribution >= 4 is 22.7 Å². The second kappa shape index (κ2) is 6.91. The summed E-state index contributed by atoms with van der Waals surface area (Å²) in [5.41, 5.74) is 2.00. The molecule has 6 heteroatoms. The van der Waals surface area contributed by atoms with Gasteiger partial charge in [0, 0.05) is 24.4 Å². The van der Waals surface area contributed by atoms with Gasteiger partial charge in [-0.05, 0) is 34.9 Å². The molecule has 0 radical (unpaired) electrons. The summed E-state index contributed by atoms with van der Waals surface area (Å²) in [5.74, 6) is 0.312. The van der Waals surface area contributed by atoms with E-state index in [0.717, 1.165) is 12.1 Å². The molecular weight excluding hydrogens is 276 g/mol. The summed E-state index contributed by atoms with van der Waals surface area (Å²) in [6.45, 7) is 3.12. The second-order valence-corrected chi connectivity index (χ2v) is 5.05. The highest BCUT2D eigenvalue weighted by molar-refractivity contribution is 7.07. The van der Waals surface area contributed by atoms with Crippen LogP contribution in [0.1, 0.15) is 18.9 Å². The van der Waals surface area contributed by atoms with Gasteiger partial charge in [0.25, 0.3) is 0 Å². The number of rotatable bonds is 7. The normalized spacial score (nSPS) is 10.2. The Morgan fingerprint density at radius 2 is 2.25 bits per heavy atom. The Hall–Kier alpha value is -2.08. The lowest BCUT2D eigenvalue weighted by Gasteiger charge is -2.09. The van der Waals surface area contributed by atoms with E-state index in [2.05, 4.69) is 10.7 Å². The maximum atomic E-state index is 10.9. The van der Waals surface area contributed by atoms with Crippen molar-refractivity contribution in [1.82, 2.24) is 0 Å². The average Bonchev–Trinajstić information content (AvgIpc) is 2.96. The van der Waals surface area contributed by atoms with Gasteiger partial charge in [0.05, 0.1) is 11.5 Å². The third kappa shape index (κ3) is 3.71. The summed E-state index contributed by atoms with van der Waals surface area (Å²) in [6, 6.07) is 6.89. The Morgan fingerprint density at radius 1 is 1.40 bits per heavy atom. The quantitative estimate of drug-likeness (QED) is 0.617. The van der Waals surface area contributed by atoms with Crippen LogP contribution in [0, 0.1) is 10.1 Å². The van der Waals surface area contributed by atoms with Crippen molar-refractivity contribution in [1.29, 1.82) is 0 Å². The molecule has 1 aromatic heterocycles. The van der Waals surface area contributed by atoms with Gasteiger partial charge < -0.3 is 10.1 Å². The fourth-order valence-electron chi connectivity index (χ4n) is 1.70. The van der Waals surface area contributed by atoms with Gasteiger partial charge in [-0.2, -0.15) is 11.3 Å². The fourth-order valence-corrected chi connectivity index (χ4v) is 2.37. The molecule has 2 aromatic rings. The second-order valence-electron chi connectivity index (χ2n) is 4.27. The van der Waals surface area contributed by atoms with Crippen molar-refractivity contribution in [3.05, 3.63) is 50.7 Å². The number of ether oxygens (including phenoxy) is 1. The molecule has 0 spiro atoms. The van der Waals surface area contributed by atoms with Crippen molar-refractivity contribution in [2.45, 2.75) is 19.9 Å². The van der Waals surface area contributed by atoms with Crippen LogP contribution in [-0.4, -0.2) is 11.5 Å². The molecule has 1 heterocycles. The number of nitrogens with zero attached hydrogens (tertiary/aromatic N) is 1. The highest BCUT2D eigenvalue weighted by Crippen LogP contribution is 2.30. The van der Waals surface area contributed by atoms with Crippen molar-refractivity contribution in [3.63, 3.8) is 0 Å². The van der Waals surface area contributed by atoms with E-state index in [1.54, 1.807) is 23.5 Å². The number of anilines is 1. The zero-order valence-corrected chi connectivity index (χ0v) is 12.0. The van der Waals surface area contributed by atoms with Gasteiger partial charge in [-0.3, -0.25) is 10.1 Å². The summed E-state index contributed by atoms with van der Waals surface area (Å²) in [5, 5.41) is 18.3. The van der Waals surface area contributed by atoms with Crippen molar-refractivity contribution in [3.8, 4) is 5.75 Å². The number of hydrogen-bond acceptors (Lipinski definition) is 5. The molecule has 0 unspecified atom stereocenters. The minimum atomic E-state index is -0.423. The Morgan fingerprint density at radius 3 is 2.90 bits per heavy atom. The number of benzene rings is 1. The van der Waals surface area contributed by atoms with Gasteiger partial charge in [-0.25, -0.2) is 0 Å².